The summed E-state index contributed by atoms with van der Waals surface area (Å²) >= 11 is 0. The topological polar surface area (TPSA) is 70.4 Å². The lowest BCUT2D eigenvalue weighted by Gasteiger charge is -1.96. The first-order valence-corrected chi connectivity index (χ1v) is 8.60. The number of amides is 1. The van der Waals surface area contributed by atoms with E-state index in [1.807, 2.05) is 66.9 Å². The molecule has 3 aromatic carbocycles. The monoisotopic (exact) mass is 353 g/mol. The van der Waals surface area contributed by atoms with Crippen molar-refractivity contribution >= 4 is 44.8 Å². The number of hydrazone groups is 1. The molecule has 5 nitrogen and oxygen atoms in total. The van der Waals surface area contributed by atoms with Crippen LogP contribution in [0, 0.1) is 0 Å². The van der Waals surface area contributed by atoms with Gasteiger partial charge in [-0.2, -0.15) is 5.10 Å². The molecule has 5 heteroatoms. The van der Waals surface area contributed by atoms with Crippen LogP contribution >= 0.6 is 0 Å². The number of nitrogens with zero attached hydrogens (tertiary/aromatic N) is 1. The number of H-pyrrole nitrogens is 1. The molecule has 0 saturated heterocycles. The quantitative estimate of drug-likeness (QED) is 0.360. The SMILES string of the molecule is O=C(NN=Cc1c[nH]c2ccccc12)c1cc2c(ccc3ccccc32)o1. The molecule has 2 aromatic heterocycles. The zero-order valence-electron chi connectivity index (χ0n) is 14.3. The van der Waals surface area contributed by atoms with Crippen LogP contribution in [0.3, 0.4) is 0 Å². The normalized spacial score (nSPS) is 11.7. The van der Waals surface area contributed by atoms with Crippen molar-refractivity contribution in [3.05, 3.63) is 84.3 Å². The fourth-order valence-corrected chi connectivity index (χ4v) is 3.32. The number of furan rings is 1. The summed E-state index contributed by atoms with van der Waals surface area (Å²) in [7, 11) is 0. The minimum atomic E-state index is -0.383. The molecule has 2 N–H and O–H groups in total. The second-order valence-corrected chi connectivity index (χ2v) is 6.30. The maximum absolute atomic E-state index is 12.4. The second-order valence-electron chi connectivity index (χ2n) is 6.30. The first-order chi connectivity index (χ1) is 13.3. The zero-order chi connectivity index (χ0) is 18.2. The van der Waals surface area contributed by atoms with Gasteiger partial charge in [0.1, 0.15) is 5.58 Å². The second kappa shape index (κ2) is 6.14. The highest BCUT2D eigenvalue weighted by atomic mass is 16.3. The van der Waals surface area contributed by atoms with Gasteiger partial charge in [0.2, 0.25) is 0 Å². The van der Waals surface area contributed by atoms with E-state index in [-0.39, 0.29) is 11.7 Å². The van der Waals surface area contributed by atoms with Crippen molar-refractivity contribution in [1.29, 1.82) is 0 Å². The third kappa shape index (κ3) is 2.66. The van der Waals surface area contributed by atoms with Gasteiger partial charge in [-0.15, -0.1) is 0 Å². The minimum Gasteiger partial charge on any atom is -0.451 e. The van der Waals surface area contributed by atoms with Crippen molar-refractivity contribution in [3.8, 4) is 0 Å². The number of carbonyl (C=O) groups is 1. The number of nitrogens with one attached hydrogen (secondary N) is 2. The zero-order valence-corrected chi connectivity index (χ0v) is 14.3. The van der Waals surface area contributed by atoms with Crippen molar-refractivity contribution < 1.29 is 9.21 Å². The molecule has 0 fully saturated rings. The average molecular weight is 353 g/mol. The molecule has 0 atom stereocenters. The summed E-state index contributed by atoms with van der Waals surface area (Å²) in [6.07, 6.45) is 3.47. The summed E-state index contributed by atoms with van der Waals surface area (Å²) in [6, 6.07) is 21.6. The predicted molar refractivity (Wildman–Crippen MR) is 107 cm³/mol. The van der Waals surface area contributed by atoms with E-state index < -0.39 is 0 Å². The van der Waals surface area contributed by atoms with Crippen LogP contribution in [-0.2, 0) is 0 Å². The van der Waals surface area contributed by atoms with Crippen molar-refractivity contribution in [2.75, 3.05) is 0 Å². The van der Waals surface area contributed by atoms with Gasteiger partial charge in [-0.25, -0.2) is 5.43 Å². The highest BCUT2D eigenvalue weighted by Crippen LogP contribution is 2.28. The lowest BCUT2D eigenvalue weighted by molar-refractivity contribution is 0.0929. The highest BCUT2D eigenvalue weighted by Gasteiger charge is 2.13. The lowest BCUT2D eigenvalue weighted by atomic mass is 10.1. The number of hydrogen-bond donors (Lipinski definition) is 2. The Morgan fingerprint density at radius 3 is 2.70 bits per heavy atom. The van der Waals surface area contributed by atoms with Gasteiger partial charge in [0.15, 0.2) is 5.76 Å². The standard InChI is InChI=1S/C22H15N3O2/c26-22(25-24-13-15-12-23-19-8-4-3-7-17(15)19)21-11-18-16-6-2-1-5-14(16)9-10-20(18)27-21/h1-13,23H,(H,25,26). The van der Waals surface area contributed by atoms with E-state index in [9.17, 15) is 4.79 Å². The van der Waals surface area contributed by atoms with Gasteiger partial charge in [-0.1, -0.05) is 48.5 Å². The molecule has 5 rings (SSSR count). The molecule has 0 aliphatic carbocycles. The Morgan fingerprint density at radius 2 is 1.78 bits per heavy atom. The molecule has 0 unspecified atom stereocenters. The lowest BCUT2D eigenvalue weighted by Crippen LogP contribution is -2.16. The Labute approximate surface area is 154 Å². The molecule has 2 heterocycles. The van der Waals surface area contributed by atoms with Crippen molar-refractivity contribution in [2.45, 2.75) is 0 Å². The predicted octanol–water partition coefficient (Wildman–Crippen LogP) is 4.83. The van der Waals surface area contributed by atoms with Crippen LogP contribution in [0.2, 0.25) is 0 Å². The van der Waals surface area contributed by atoms with Crippen LogP contribution in [-0.4, -0.2) is 17.1 Å². The summed E-state index contributed by atoms with van der Waals surface area (Å²) in [6.45, 7) is 0. The van der Waals surface area contributed by atoms with E-state index in [1.165, 1.54) is 0 Å². The van der Waals surface area contributed by atoms with Crippen molar-refractivity contribution in [1.82, 2.24) is 10.4 Å². The van der Waals surface area contributed by atoms with Gasteiger partial charge < -0.3 is 9.40 Å². The summed E-state index contributed by atoms with van der Waals surface area (Å²) in [5, 5.41) is 8.19. The highest BCUT2D eigenvalue weighted by molar-refractivity contribution is 6.08. The molecule has 130 valence electrons. The minimum absolute atomic E-state index is 0.234. The van der Waals surface area contributed by atoms with Gasteiger partial charge in [-0.05, 0) is 29.0 Å². The number of aromatic nitrogens is 1. The van der Waals surface area contributed by atoms with Crippen LogP contribution in [0.1, 0.15) is 16.1 Å². The van der Waals surface area contributed by atoms with Crippen molar-refractivity contribution in [3.63, 3.8) is 0 Å². The summed E-state index contributed by atoms with van der Waals surface area (Å²) in [5.74, 6) is -0.149. The smallest absolute Gasteiger partial charge is 0.307 e. The number of carbonyl (C=O) groups excluding carboxylic acids is 1. The summed E-state index contributed by atoms with van der Waals surface area (Å²) in [5.41, 5.74) is 5.14. The third-order valence-electron chi connectivity index (χ3n) is 4.64. The van der Waals surface area contributed by atoms with Crippen LogP contribution in [0.15, 0.2) is 82.4 Å². The molecular weight excluding hydrogens is 338 g/mol. The first kappa shape index (κ1) is 15.4. The first-order valence-electron chi connectivity index (χ1n) is 8.60. The van der Waals surface area contributed by atoms with E-state index in [2.05, 4.69) is 15.5 Å². The Kier molecular flexibility index (Phi) is 3.50. The molecule has 0 radical (unpaired) electrons. The number of rotatable bonds is 3. The van der Waals surface area contributed by atoms with Gasteiger partial charge in [0.05, 0.1) is 6.21 Å². The van der Waals surface area contributed by atoms with Gasteiger partial charge in [-0.3, -0.25) is 4.79 Å². The number of aromatic amines is 1. The number of benzene rings is 3. The summed E-state index contributed by atoms with van der Waals surface area (Å²) < 4.78 is 5.70. The maximum Gasteiger partial charge on any atom is 0.307 e. The Bertz CT molecular complexity index is 1330. The molecular formula is C22H15N3O2. The molecule has 27 heavy (non-hydrogen) atoms. The third-order valence-corrected chi connectivity index (χ3v) is 4.64. The van der Waals surface area contributed by atoms with Gasteiger partial charge in [0, 0.05) is 28.0 Å². The molecule has 1 amide bonds. The largest absolute Gasteiger partial charge is 0.451 e. The number of fused-ring (bicyclic) bond motifs is 4. The van der Waals surface area contributed by atoms with Crippen LogP contribution in [0.5, 0.6) is 0 Å². The van der Waals surface area contributed by atoms with Crippen LogP contribution in [0.25, 0.3) is 32.6 Å². The Morgan fingerprint density at radius 1 is 0.963 bits per heavy atom. The Balaban J connectivity index is 1.41. The molecule has 0 aliphatic rings. The Hall–Kier alpha value is -3.86. The van der Waals surface area contributed by atoms with E-state index in [0.29, 0.717) is 5.58 Å². The fourth-order valence-electron chi connectivity index (χ4n) is 3.32. The average Bonchev–Trinajstić information content (AvgIpc) is 3.32. The molecule has 0 bridgehead atoms. The molecule has 5 aromatic rings. The van der Waals surface area contributed by atoms with E-state index in [4.69, 9.17) is 4.42 Å². The van der Waals surface area contributed by atoms with Gasteiger partial charge >= 0.3 is 5.91 Å². The van der Waals surface area contributed by atoms with Gasteiger partial charge in [0.25, 0.3) is 0 Å². The van der Waals surface area contributed by atoms with E-state index in [0.717, 1.165) is 32.6 Å². The maximum atomic E-state index is 12.4. The molecule has 0 saturated carbocycles. The molecule has 0 aliphatic heterocycles. The number of hydrogen-bond acceptors (Lipinski definition) is 3. The fraction of sp³-hybridized carbons (Fsp3) is 0. The molecule has 0 spiro atoms. The number of para-hydroxylation sites is 1. The summed E-state index contributed by atoms with van der Waals surface area (Å²) in [4.78, 5) is 15.6. The van der Waals surface area contributed by atoms with Crippen LogP contribution < -0.4 is 5.43 Å². The van der Waals surface area contributed by atoms with E-state index >= 15 is 0 Å². The van der Waals surface area contributed by atoms with Crippen molar-refractivity contribution in [2.24, 2.45) is 5.10 Å². The van der Waals surface area contributed by atoms with Crippen LogP contribution in [0.4, 0.5) is 0 Å². The van der Waals surface area contributed by atoms with E-state index in [1.54, 1.807) is 12.3 Å².